The first-order valence-corrected chi connectivity index (χ1v) is 4.54. The fourth-order valence-corrected chi connectivity index (χ4v) is 0.682. The van der Waals surface area contributed by atoms with Crippen molar-refractivity contribution in [3.63, 3.8) is 0 Å². The van der Waals surface area contributed by atoms with Crippen molar-refractivity contribution in [2.75, 3.05) is 0 Å². The van der Waals surface area contributed by atoms with Gasteiger partial charge in [0.2, 0.25) is 0 Å². The number of aliphatic hydroxyl groups excluding tert-OH is 2. The van der Waals surface area contributed by atoms with Crippen molar-refractivity contribution in [2.45, 2.75) is 32.5 Å². The monoisotopic (exact) mass is 182 g/mol. The summed E-state index contributed by atoms with van der Waals surface area (Å²) in [6, 6.07) is 0. The third-order valence-electron chi connectivity index (χ3n) is 1.47. The molecule has 0 aliphatic carbocycles. The van der Waals surface area contributed by atoms with Crippen LogP contribution in [-0.2, 0) is 0 Å². The molecule has 0 radical (unpaired) electrons. The molecule has 2 atom stereocenters. The largest absolute Gasteiger partial charge is 0.389 e. The number of aliphatic hydroxyl groups is 2. The van der Waals surface area contributed by atoms with Crippen molar-refractivity contribution in [3.05, 3.63) is 36.5 Å². The summed E-state index contributed by atoms with van der Waals surface area (Å²) in [5.74, 6) is 0. The van der Waals surface area contributed by atoms with Crippen LogP contribution in [0.15, 0.2) is 36.5 Å². The lowest BCUT2D eigenvalue weighted by Crippen LogP contribution is -1.97. The second-order valence-electron chi connectivity index (χ2n) is 2.87. The third kappa shape index (κ3) is 9.05. The Labute approximate surface area is 79.9 Å². The van der Waals surface area contributed by atoms with Gasteiger partial charge in [-0.05, 0) is 13.3 Å². The minimum Gasteiger partial charge on any atom is -0.389 e. The molecular weight excluding hydrogens is 164 g/mol. The Morgan fingerprint density at radius 1 is 1.00 bits per heavy atom. The molecular formula is C11H18O2. The first-order valence-electron chi connectivity index (χ1n) is 4.54. The first kappa shape index (κ1) is 12.1. The molecule has 0 fully saturated rings. The van der Waals surface area contributed by atoms with Crippen LogP contribution in [0, 0.1) is 0 Å². The Hall–Kier alpha value is -0.860. The summed E-state index contributed by atoms with van der Waals surface area (Å²) >= 11 is 0. The van der Waals surface area contributed by atoms with E-state index in [1.165, 1.54) is 0 Å². The number of rotatable bonds is 5. The highest BCUT2D eigenvalue weighted by Gasteiger charge is 1.88. The number of hydrogen-bond acceptors (Lipinski definition) is 2. The van der Waals surface area contributed by atoms with Gasteiger partial charge in [0.05, 0.1) is 12.2 Å². The molecule has 0 saturated heterocycles. The van der Waals surface area contributed by atoms with Crippen LogP contribution in [0.25, 0.3) is 0 Å². The fraction of sp³-hybridized carbons (Fsp3) is 0.455. The Morgan fingerprint density at radius 3 is 2.00 bits per heavy atom. The van der Waals surface area contributed by atoms with E-state index in [4.69, 9.17) is 10.2 Å². The van der Waals surface area contributed by atoms with Gasteiger partial charge in [0.25, 0.3) is 0 Å². The molecule has 13 heavy (non-hydrogen) atoms. The van der Waals surface area contributed by atoms with Gasteiger partial charge in [0.1, 0.15) is 0 Å². The van der Waals surface area contributed by atoms with E-state index >= 15 is 0 Å². The Bertz CT molecular complexity index is 190. The van der Waals surface area contributed by atoms with Crippen molar-refractivity contribution in [1.29, 1.82) is 0 Å². The van der Waals surface area contributed by atoms with Crippen molar-refractivity contribution < 1.29 is 10.2 Å². The normalized spacial score (nSPS) is 17.5. The van der Waals surface area contributed by atoms with Crippen molar-refractivity contribution >= 4 is 0 Å². The molecule has 0 rings (SSSR count). The maximum absolute atomic E-state index is 9.12. The van der Waals surface area contributed by atoms with Gasteiger partial charge < -0.3 is 10.2 Å². The summed E-state index contributed by atoms with van der Waals surface area (Å²) in [6.07, 6.45) is 10.6. The second-order valence-corrected chi connectivity index (χ2v) is 2.87. The molecule has 2 N–H and O–H groups in total. The summed E-state index contributed by atoms with van der Waals surface area (Å²) in [7, 11) is 0. The summed E-state index contributed by atoms with van der Waals surface area (Å²) in [4.78, 5) is 0. The molecule has 0 heterocycles. The smallest absolute Gasteiger partial charge is 0.0721 e. The second kappa shape index (κ2) is 7.77. The predicted molar refractivity (Wildman–Crippen MR) is 55.4 cm³/mol. The Balaban J connectivity index is 3.68. The molecule has 74 valence electrons. The van der Waals surface area contributed by atoms with Gasteiger partial charge in [0, 0.05) is 0 Å². The average molecular weight is 182 g/mol. The zero-order valence-corrected chi connectivity index (χ0v) is 8.22. The third-order valence-corrected chi connectivity index (χ3v) is 1.47. The quantitative estimate of drug-likeness (QED) is 0.636. The zero-order valence-electron chi connectivity index (χ0n) is 8.22. The zero-order chi connectivity index (χ0) is 10.1. The van der Waals surface area contributed by atoms with E-state index in [9.17, 15) is 0 Å². The molecule has 0 saturated carbocycles. The molecule has 0 amide bonds. The molecule has 2 nitrogen and oxygen atoms in total. The lowest BCUT2D eigenvalue weighted by atomic mass is 10.2. The van der Waals surface area contributed by atoms with Crippen molar-refractivity contribution in [3.8, 4) is 0 Å². The molecule has 0 aliphatic heterocycles. The van der Waals surface area contributed by atoms with Crippen molar-refractivity contribution in [2.24, 2.45) is 0 Å². The van der Waals surface area contributed by atoms with E-state index in [2.05, 4.69) is 0 Å². The van der Waals surface area contributed by atoms with E-state index in [1.54, 1.807) is 31.2 Å². The van der Waals surface area contributed by atoms with Crippen LogP contribution in [-0.4, -0.2) is 22.4 Å². The lowest BCUT2D eigenvalue weighted by molar-refractivity contribution is 0.219. The van der Waals surface area contributed by atoms with E-state index < -0.39 is 6.10 Å². The number of hydrogen-bond donors (Lipinski definition) is 2. The standard InChI is InChI=1S/C11H18O2/c1-3-11(13)9-7-5-4-6-8-10(2)12/h4-13H,3H2,1-2H3. The Morgan fingerprint density at radius 2 is 1.54 bits per heavy atom. The van der Waals surface area contributed by atoms with Gasteiger partial charge in [-0.2, -0.15) is 0 Å². The minimum atomic E-state index is -0.408. The van der Waals surface area contributed by atoms with Gasteiger partial charge in [0.15, 0.2) is 0 Å². The highest BCUT2D eigenvalue weighted by atomic mass is 16.3. The van der Waals surface area contributed by atoms with Crippen LogP contribution < -0.4 is 0 Å². The minimum absolute atomic E-state index is 0.356. The van der Waals surface area contributed by atoms with E-state index in [0.717, 1.165) is 6.42 Å². The average Bonchev–Trinajstić information content (AvgIpc) is 2.10. The first-order chi connectivity index (χ1) is 6.16. The summed E-state index contributed by atoms with van der Waals surface area (Å²) < 4.78 is 0. The molecule has 0 spiro atoms. The molecule has 2 heteroatoms. The van der Waals surface area contributed by atoms with Crippen LogP contribution in [0.4, 0.5) is 0 Å². The maximum atomic E-state index is 9.12. The summed E-state index contributed by atoms with van der Waals surface area (Å²) in [5.41, 5.74) is 0. The van der Waals surface area contributed by atoms with Gasteiger partial charge in [-0.15, -0.1) is 0 Å². The van der Waals surface area contributed by atoms with Gasteiger partial charge in [-0.1, -0.05) is 43.4 Å². The van der Waals surface area contributed by atoms with Crippen LogP contribution >= 0.6 is 0 Å². The lowest BCUT2D eigenvalue weighted by Gasteiger charge is -1.95. The molecule has 0 aromatic carbocycles. The van der Waals surface area contributed by atoms with Crippen LogP contribution in [0.1, 0.15) is 20.3 Å². The van der Waals surface area contributed by atoms with E-state index in [1.807, 2.05) is 19.1 Å². The molecule has 0 aromatic rings. The van der Waals surface area contributed by atoms with Crippen LogP contribution in [0.2, 0.25) is 0 Å². The van der Waals surface area contributed by atoms with Gasteiger partial charge in [-0.3, -0.25) is 0 Å². The van der Waals surface area contributed by atoms with E-state index in [-0.39, 0.29) is 6.10 Å². The summed E-state index contributed by atoms with van der Waals surface area (Å²) in [6.45, 7) is 3.62. The highest BCUT2D eigenvalue weighted by Crippen LogP contribution is 1.92. The van der Waals surface area contributed by atoms with Gasteiger partial charge >= 0.3 is 0 Å². The summed E-state index contributed by atoms with van der Waals surface area (Å²) in [5, 5.41) is 18.0. The van der Waals surface area contributed by atoms with Crippen LogP contribution in [0.5, 0.6) is 0 Å². The SMILES string of the molecule is CCC(O)C=CC=CC=CC(C)O. The van der Waals surface area contributed by atoms with Gasteiger partial charge in [-0.25, -0.2) is 0 Å². The van der Waals surface area contributed by atoms with Crippen molar-refractivity contribution in [1.82, 2.24) is 0 Å². The topological polar surface area (TPSA) is 40.5 Å². The molecule has 0 aromatic heterocycles. The van der Waals surface area contributed by atoms with Crippen LogP contribution in [0.3, 0.4) is 0 Å². The predicted octanol–water partition coefficient (Wildman–Crippen LogP) is 1.81. The Kier molecular flexibility index (Phi) is 7.26. The molecule has 0 aliphatic rings. The fourth-order valence-electron chi connectivity index (χ4n) is 0.682. The van der Waals surface area contributed by atoms with E-state index in [0.29, 0.717) is 0 Å². The highest BCUT2D eigenvalue weighted by molar-refractivity contribution is 5.12. The number of allylic oxidation sites excluding steroid dienone is 4. The maximum Gasteiger partial charge on any atom is 0.0721 e. The molecule has 0 bridgehead atoms. The molecule has 2 unspecified atom stereocenters.